The number of nitrogens with zero attached hydrogens (tertiary/aromatic N) is 3. The van der Waals surface area contributed by atoms with Crippen molar-refractivity contribution in [1.29, 1.82) is 0 Å². The molecule has 6 nitrogen and oxygen atoms in total. The lowest BCUT2D eigenvalue weighted by Crippen LogP contribution is -2.43. The van der Waals surface area contributed by atoms with Gasteiger partial charge < -0.3 is 9.64 Å². The molecule has 0 unspecified atom stereocenters. The van der Waals surface area contributed by atoms with E-state index in [1.165, 1.54) is 22.2 Å². The summed E-state index contributed by atoms with van der Waals surface area (Å²) in [6, 6.07) is 0. The molecule has 2 aromatic rings. The number of thioether (sulfide) groups is 1. The van der Waals surface area contributed by atoms with E-state index in [9.17, 15) is 9.59 Å². The molecule has 3 heterocycles. The largest absolute Gasteiger partial charge is 0.466 e. The topological polar surface area (TPSA) is 72.4 Å². The zero-order valence-electron chi connectivity index (χ0n) is 15.3. The lowest BCUT2D eigenvalue weighted by molar-refractivity contribution is -0.151. The van der Waals surface area contributed by atoms with Crippen LogP contribution in [0.15, 0.2) is 11.4 Å². The van der Waals surface area contributed by atoms with Gasteiger partial charge in [0.2, 0.25) is 5.91 Å². The van der Waals surface area contributed by atoms with Gasteiger partial charge in [0.25, 0.3) is 0 Å². The highest BCUT2D eigenvalue weighted by molar-refractivity contribution is 8.00. The van der Waals surface area contributed by atoms with Gasteiger partial charge in [-0.1, -0.05) is 11.8 Å². The van der Waals surface area contributed by atoms with Gasteiger partial charge in [-0.05, 0) is 39.2 Å². The molecule has 140 valence electrons. The smallest absolute Gasteiger partial charge is 0.310 e. The van der Waals surface area contributed by atoms with Crippen molar-refractivity contribution in [3.05, 3.63) is 16.8 Å². The third-order valence-corrected chi connectivity index (χ3v) is 6.75. The van der Waals surface area contributed by atoms with Gasteiger partial charge in [0.1, 0.15) is 16.2 Å². The Balaban J connectivity index is 1.65. The van der Waals surface area contributed by atoms with E-state index in [4.69, 9.17) is 4.74 Å². The van der Waals surface area contributed by atoms with E-state index in [2.05, 4.69) is 23.8 Å². The van der Waals surface area contributed by atoms with Crippen LogP contribution in [0.25, 0.3) is 10.2 Å². The zero-order valence-corrected chi connectivity index (χ0v) is 16.9. The van der Waals surface area contributed by atoms with Gasteiger partial charge in [0, 0.05) is 23.4 Å². The number of amides is 1. The number of carbonyl (C=O) groups is 2. The minimum Gasteiger partial charge on any atom is -0.466 e. The number of carbonyl (C=O) groups excluding carboxylic acids is 2. The summed E-state index contributed by atoms with van der Waals surface area (Å²) in [5.41, 5.74) is 1.18. The first kappa shape index (κ1) is 19.1. The van der Waals surface area contributed by atoms with Crippen molar-refractivity contribution in [2.75, 3.05) is 25.4 Å². The first-order chi connectivity index (χ1) is 12.5. The fourth-order valence-electron chi connectivity index (χ4n) is 3.14. The molecule has 3 rings (SSSR count). The lowest BCUT2D eigenvalue weighted by atomic mass is 9.98. The second-order valence-corrected chi connectivity index (χ2v) is 8.53. The van der Waals surface area contributed by atoms with Crippen LogP contribution in [0.2, 0.25) is 0 Å². The maximum Gasteiger partial charge on any atom is 0.310 e. The van der Waals surface area contributed by atoms with Crippen molar-refractivity contribution in [3.63, 3.8) is 0 Å². The molecule has 1 saturated heterocycles. The summed E-state index contributed by atoms with van der Waals surface area (Å²) in [6.07, 6.45) is 3.18. The van der Waals surface area contributed by atoms with Crippen molar-refractivity contribution < 1.29 is 14.3 Å². The minimum atomic E-state index is -0.204. The molecule has 0 spiro atoms. The maximum absolute atomic E-state index is 12.6. The van der Waals surface area contributed by atoms with Crippen LogP contribution in [-0.4, -0.2) is 52.2 Å². The van der Waals surface area contributed by atoms with Crippen LogP contribution in [-0.2, 0) is 14.3 Å². The Morgan fingerprint density at radius 2 is 2.19 bits per heavy atom. The average Bonchev–Trinajstić information content (AvgIpc) is 2.94. The van der Waals surface area contributed by atoms with E-state index in [0.717, 1.165) is 28.1 Å². The Kier molecular flexibility index (Phi) is 6.13. The summed E-state index contributed by atoms with van der Waals surface area (Å²) >= 11 is 3.10. The number of aromatic nitrogens is 2. The van der Waals surface area contributed by atoms with Crippen molar-refractivity contribution in [3.8, 4) is 0 Å². The summed E-state index contributed by atoms with van der Waals surface area (Å²) in [7, 11) is 0. The molecule has 0 bridgehead atoms. The molecular formula is C18H23N3O3S2. The fourth-order valence-corrected chi connectivity index (χ4v) is 5.16. The third kappa shape index (κ3) is 4.01. The van der Waals surface area contributed by atoms with Crippen molar-refractivity contribution >= 4 is 45.2 Å². The molecule has 2 aromatic heterocycles. The van der Waals surface area contributed by atoms with Crippen LogP contribution in [0, 0.1) is 19.8 Å². The van der Waals surface area contributed by atoms with Crippen LogP contribution < -0.4 is 0 Å². The molecule has 1 aliphatic heterocycles. The number of fused-ring (bicyclic) bond motifs is 1. The van der Waals surface area contributed by atoms with Gasteiger partial charge in [-0.3, -0.25) is 9.59 Å². The molecule has 8 heteroatoms. The van der Waals surface area contributed by atoms with Crippen LogP contribution >= 0.6 is 23.1 Å². The monoisotopic (exact) mass is 393 g/mol. The molecule has 26 heavy (non-hydrogen) atoms. The van der Waals surface area contributed by atoms with E-state index >= 15 is 0 Å². The number of ether oxygens (including phenoxy) is 1. The SMILES string of the molecule is CCOC(=O)[C@H]1CCCN(C(=O)CSc2ncnc3sc(C)c(C)c23)C1. The van der Waals surface area contributed by atoms with Gasteiger partial charge in [-0.2, -0.15) is 0 Å². The van der Waals surface area contributed by atoms with Crippen LogP contribution in [0.4, 0.5) is 0 Å². The number of hydrogen-bond acceptors (Lipinski definition) is 7. The molecule has 0 aromatic carbocycles. The molecule has 1 amide bonds. The van der Waals surface area contributed by atoms with Gasteiger partial charge in [0.05, 0.1) is 18.3 Å². The van der Waals surface area contributed by atoms with Gasteiger partial charge >= 0.3 is 5.97 Å². The summed E-state index contributed by atoms with van der Waals surface area (Å²) in [5, 5.41) is 1.90. The summed E-state index contributed by atoms with van der Waals surface area (Å²) in [5.74, 6) is -0.0409. The first-order valence-corrected chi connectivity index (χ1v) is 10.6. The van der Waals surface area contributed by atoms with Gasteiger partial charge in [-0.15, -0.1) is 11.3 Å². The standard InChI is InChI=1S/C18H23N3O3S2/c1-4-24-18(23)13-6-5-7-21(8-13)14(22)9-25-16-15-11(2)12(3)26-17(15)20-10-19-16/h10,13H,4-9H2,1-3H3/t13-/m0/s1. The highest BCUT2D eigenvalue weighted by Crippen LogP contribution is 2.34. The summed E-state index contributed by atoms with van der Waals surface area (Å²) in [4.78, 5) is 37.3. The Bertz CT molecular complexity index is 821. The summed E-state index contributed by atoms with van der Waals surface area (Å²) in [6.45, 7) is 7.47. The Morgan fingerprint density at radius 1 is 1.38 bits per heavy atom. The number of hydrogen-bond donors (Lipinski definition) is 0. The number of likely N-dealkylation sites (tertiary alicyclic amines) is 1. The average molecular weight is 394 g/mol. The number of rotatable bonds is 5. The number of thiophene rings is 1. The van der Waals surface area contributed by atoms with Gasteiger partial charge in [-0.25, -0.2) is 9.97 Å². The second kappa shape index (κ2) is 8.35. The minimum absolute atomic E-state index is 0.0420. The molecule has 0 N–H and O–H groups in total. The van der Waals surface area contributed by atoms with E-state index in [-0.39, 0.29) is 17.8 Å². The Hall–Kier alpha value is -1.67. The van der Waals surface area contributed by atoms with Crippen LogP contribution in [0.3, 0.4) is 0 Å². The van der Waals surface area contributed by atoms with Crippen LogP contribution in [0.5, 0.6) is 0 Å². The van der Waals surface area contributed by atoms with Crippen LogP contribution in [0.1, 0.15) is 30.2 Å². The Morgan fingerprint density at radius 3 is 2.96 bits per heavy atom. The van der Waals surface area contributed by atoms with E-state index < -0.39 is 0 Å². The molecule has 1 aliphatic rings. The molecule has 0 radical (unpaired) electrons. The van der Waals surface area contributed by atoms with E-state index in [1.807, 2.05) is 0 Å². The third-order valence-electron chi connectivity index (χ3n) is 4.66. The van der Waals surface area contributed by atoms with Crippen molar-refractivity contribution in [1.82, 2.24) is 14.9 Å². The number of piperidine rings is 1. The van der Waals surface area contributed by atoms with Crippen molar-refractivity contribution in [2.45, 2.75) is 38.6 Å². The lowest BCUT2D eigenvalue weighted by Gasteiger charge is -2.31. The predicted octanol–water partition coefficient (Wildman–Crippen LogP) is 3.20. The second-order valence-electron chi connectivity index (χ2n) is 6.36. The highest BCUT2D eigenvalue weighted by atomic mass is 32.2. The molecule has 1 fully saturated rings. The first-order valence-electron chi connectivity index (χ1n) is 8.79. The highest BCUT2D eigenvalue weighted by Gasteiger charge is 2.29. The number of esters is 1. The molecule has 0 aliphatic carbocycles. The summed E-state index contributed by atoms with van der Waals surface area (Å²) < 4.78 is 5.10. The normalized spacial score (nSPS) is 17.5. The maximum atomic E-state index is 12.6. The molecule has 1 atom stereocenters. The van der Waals surface area contributed by atoms with E-state index in [0.29, 0.717) is 25.4 Å². The fraction of sp³-hybridized carbons (Fsp3) is 0.556. The molecule has 0 saturated carbocycles. The zero-order chi connectivity index (χ0) is 18.7. The predicted molar refractivity (Wildman–Crippen MR) is 104 cm³/mol. The number of aryl methyl sites for hydroxylation is 2. The van der Waals surface area contributed by atoms with Gasteiger partial charge in [0.15, 0.2) is 0 Å². The van der Waals surface area contributed by atoms with E-state index in [1.54, 1.807) is 29.5 Å². The molecular weight excluding hydrogens is 370 g/mol. The Labute approximate surface area is 161 Å². The quantitative estimate of drug-likeness (QED) is 0.441. The van der Waals surface area contributed by atoms with Crippen molar-refractivity contribution in [2.24, 2.45) is 5.92 Å².